The molecule has 0 saturated heterocycles. The Morgan fingerprint density at radius 3 is 1.01 bits per heavy atom. The predicted molar refractivity (Wildman–Crippen MR) is 522 cm³/mol. The fraction of sp³-hybridized carbons (Fsp3) is 0.276. The Labute approximate surface area is 719 Å². The average molecular weight is 1580 g/mol. The van der Waals surface area contributed by atoms with Gasteiger partial charge in [0.25, 0.3) is 6.71 Å². The molecule has 0 spiro atoms. The lowest BCUT2D eigenvalue weighted by molar-refractivity contribution is 0.332. The van der Waals surface area contributed by atoms with Crippen molar-refractivity contribution in [3.05, 3.63) is 330 Å². The molecule has 4 heterocycles. The van der Waals surface area contributed by atoms with Gasteiger partial charge in [0.15, 0.2) is 0 Å². The van der Waals surface area contributed by atoms with E-state index >= 15 is 0 Å². The summed E-state index contributed by atoms with van der Waals surface area (Å²) in [5.74, 6) is 0. The van der Waals surface area contributed by atoms with Crippen LogP contribution in [0.15, 0.2) is 285 Å². The first kappa shape index (κ1) is 77.9. The Balaban J connectivity index is 0.892. The van der Waals surface area contributed by atoms with Crippen LogP contribution < -0.4 is 26.2 Å². The van der Waals surface area contributed by atoms with Crippen molar-refractivity contribution in [2.24, 2.45) is 0 Å². The van der Waals surface area contributed by atoms with Gasteiger partial charge in [-0.3, -0.25) is 0 Å². The van der Waals surface area contributed by atoms with E-state index in [1.807, 2.05) is 0 Å². The molecule has 2 aromatic heterocycles. The monoisotopic (exact) mass is 1570 g/mol. The predicted octanol–water partition coefficient (Wildman–Crippen LogP) is 30.2. The van der Waals surface area contributed by atoms with Gasteiger partial charge in [-0.15, -0.1) is 0 Å². The van der Waals surface area contributed by atoms with Crippen LogP contribution in [0.2, 0.25) is 0 Å². The van der Waals surface area contributed by atoms with E-state index in [1.165, 1.54) is 168 Å². The number of hydrogen-bond acceptors (Lipinski definition) is 2. The van der Waals surface area contributed by atoms with Crippen LogP contribution in [-0.2, 0) is 43.3 Å². The van der Waals surface area contributed by atoms with Gasteiger partial charge in [-0.05, 0) is 289 Å². The number of aromatic nitrogens is 2. The van der Waals surface area contributed by atoms with Crippen molar-refractivity contribution in [3.63, 3.8) is 0 Å². The maximum atomic E-state index is 2.68. The normalized spacial score (nSPS) is 15.9. The molecule has 0 unspecified atom stereocenters. The van der Waals surface area contributed by atoms with Crippen molar-refractivity contribution in [3.8, 4) is 67.0 Å². The minimum absolute atomic E-state index is 0.0548. The Kier molecular flexibility index (Phi) is 17.7. The van der Waals surface area contributed by atoms with E-state index in [2.05, 4.69) is 443 Å². The Bertz CT molecular complexity index is 6710. The molecule has 14 aromatic carbocycles. The fourth-order valence-electron chi connectivity index (χ4n) is 20.9. The van der Waals surface area contributed by atoms with Crippen LogP contribution in [0.5, 0.6) is 0 Å². The first-order valence-corrected chi connectivity index (χ1v) is 44.5. The molecule has 0 radical (unpaired) electrons. The molecule has 4 aliphatic rings. The summed E-state index contributed by atoms with van der Waals surface area (Å²) in [6, 6.07) is 112. The van der Waals surface area contributed by atoms with E-state index in [9.17, 15) is 0 Å². The standard InChI is InChI=1S/C116H115BN4/c1-109(2,3)82-40-53-102-92(67-82)93-68-83(110(4,5)6)41-54-103(93)121(102)89-70-106-108-107(71-89)119(87-44-33-75(34-45-87)79-36-48-95-97(64-79)116(19,20)58-56-114(95,15)16)105-69-88(120-100-50-37-76(72-27-23-21-24-28-72)61-90(100)91-62-77(38-51-101(91)120)73-29-25-22-26-30-73)46-49-98(105)117(108)99-65-80(81-59-84(111(7,8)9)66-85(60-81)112(10,11)12)39-52-104(99)118(106)86-42-31-74(32-43-86)78-35-47-94-96(63-78)115(17,18)57-55-113(94,13)14/h21-54,59-71H,55-58H2,1-20H3. The van der Waals surface area contributed by atoms with Gasteiger partial charge in [-0.25, -0.2) is 0 Å². The van der Waals surface area contributed by atoms with Crippen molar-refractivity contribution in [2.45, 2.75) is 207 Å². The van der Waals surface area contributed by atoms with Crippen molar-refractivity contribution in [1.29, 1.82) is 0 Å². The molecule has 0 atom stereocenters. The van der Waals surface area contributed by atoms with Crippen LogP contribution in [0, 0.1) is 0 Å². The van der Waals surface area contributed by atoms with Crippen LogP contribution in [0.4, 0.5) is 34.1 Å². The Hall–Kier alpha value is -11.7. The zero-order valence-electron chi connectivity index (χ0n) is 74.8. The molecule has 16 aromatic rings. The van der Waals surface area contributed by atoms with Gasteiger partial charge >= 0.3 is 0 Å². The summed E-state index contributed by atoms with van der Waals surface area (Å²) in [6.45, 7) is 47.6. The third-order valence-corrected chi connectivity index (χ3v) is 28.7. The third kappa shape index (κ3) is 13.1. The van der Waals surface area contributed by atoms with Crippen LogP contribution >= 0.6 is 0 Å². The van der Waals surface area contributed by atoms with E-state index in [-0.39, 0.29) is 50.0 Å². The van der Waals surface area contributed by atoms with Crippen molar-refractivity contribution in [1.82, 2.24) is 9.13 Å². The largest absolute Gasteiger partial charge is 0.311 e. The number of anilines is 6. The number of rotatable bonds is 9. The molecular formula is C116H115BN4. The summed E-state index contributed by atoms with van der Waals surface area (Å²) >= 11 is 0. The second-order valence-electron chi connectivity index (χ2n) is 42.8. The van der Waals surface area contributed by atoms with Crippen LogP contribution in [0.1, 0.15) is 209 Å². The number of fused-ring (bicyclic) bond motifs is 12. The summed E-state index contributed by atoms with van der Waals surface area (Å²) in [4.78, 5) is 5.33. The van der Waals surface area contributed by atoms with E-state index in [1.54, 1.807) is 0 Å². The van der Waals surface area contributed by atoms with Gasteiger partial charge in [-0.1, -0.05) is 320 Å². The Morgan fingerprint density at radius 1 is 0.231 bits per heavy atom. The molecule has 602 valence electrons. The van der Waals surface area contributed by atoms with E-state index in [4.69, 9.17) is 0 Å². The smallest absolute Gasteiger partial charge is 0.252 e. The molecule has 0 saturated carbocycles. The average Bonchev–Trinajstić information content (AvgIpc) is 1.53. The first-order chi connectivity index (χ1) is 57.4. The van der Waals surface area contributed by atoms with Crippen LogP contribution in [0.3, 0.4) is 0 Å². The SMILES string of the molecule is CC(C)(C)c1cc(-c2ccc3c(c2)B2c4ccc(-n5c6ccc(-c7ccccc7)cc6c6cc(-c7ccccc7)ccc65)cc4N(c4ccc(-c5ccc6c(c5)C(C)(C)CCC6(C)C)cc4)c4cc(-n5c6ccc(C(C)(C)C)cc6c6cc(C(C)(C)C)ccc65)cc(c42)N3c2ccc(-c3ccc4c(c3)C(C)(C)CCC4(C)C)cc2)cc(C(C)(C)C)c1. The highest BCUT2D eigenvalue weighted by Crippen LogP contribution is 2.53. The van der Waals surface area contributed by atoms with E-state index in [0.29, 0.717) is 0 Å². The zero-order chi connectivity index (χ0) is 84.3. The number of hydrogen-bond donors (Lipinski definition) is 0. The van der Waals surface area contributed by atoms with Gasteiger partial charge < -0.3 is 18.9 Å². The molecule has 0 fully saturated rings. The number of benzene rings is 14. The zero-order valence-corrected chi connectivity index (χ0v) is 74.8. The minimum Gasteiger partial charge on any atom is -0.311 e. The van der Waals surface area contributed by atoms with Gasteiger partial charge in [0.2, 0.25) is 0 Å². The van der Waals surface area contributed by atoms with Gasteiger partial charge in [0.05, 0.1) is 27.8 Å². The molecular weight excluding hydrogens is 1460 g/mol. The topological polar surface area (TPSA) is 16.3 Å². The second-order valence-corrected chi connectivity index (χ2v) is 42.8. The quantitative estimate of drug-likeness (QED) is 0.134. The van der Waals surface area contributed by atoms with Crippen molar-refractivity contribution < 1.29 is 0 Å². The Morgan fingerprint density at radius 2 is 0.570 bits per heavy atom. The molecule has 4 nitrogen and oxygen atoms in total. The summed E-state index contributed by atoms with van der Waals surface area (Å²) in [6.07, 6.45) is 4.67. The molecule has 121 heavy (non-hydrogen) atoms. The molecule has 0 bridgehead atoms. The van der Waals surface area contributed by atoms with Gasteiger partial charge in [-0.2, -0.15) is 0 Å². The molecule has 2 aliphatic heterocycles. The van der Waals surface area contributed by atoms with Crippen molar-refractivity contribution >= 4 is 101 Å². The van der Waals surface area contributed by atoms with Gasteiger partial charge in [0.1, 0.15) is 0 Å². The highest BCUT2D eigenvalue weighted by Gasteiger charge is 2.46. The van der Waals surface area contributed by atoms with Gasteiger partial charge in [0, 0.05) is 61.4 Å². The molecule has 0 amide bonds. The third-order valence-electron chi connectivity index (χ3n) is 28.7. The maximum Gasteiger partial charge on any atom is 0.252 e. The van der Waals surface area contributed by atoms with Crippen molar-refractivity contribution in [2.75, 3.05) is 9.80 Å². The maximum absolute atomic E-state index is 2.68. The highest BCUT2D eigenvalue weighted by molar-refractivity contribution is 7.00. The molecule has 2 aliphatic carbocycles. The first-order valence-electron chi connectivity index (χ1n) is 44.5. The lowest BCUT2D eigenvalue weighted by Crippen LogP contribution is -2.61. The molecule has 20 rings (SSSR count). The molecule has 0 N–H and O–H groups in total. The van der Waals surface area contributed by atoms with E-state index < -0.39 is 0 Å². The lowest BCUT2D eigenvalue weighted by Gasteiger charge is -2.45. The summed E-state index contributed by atoms with van der Waals surface area (Å²) in [7, 11) is 0. The highest BCUT2D eigenvalue weighted by atomic mass is 15.2. The van der Waals surface area contributed by atoms with Crippen LogP contribution in [0.25, 0.3) is 111 Å². The van der Waals surface area contributed by atoms with E-state index in [0.717, 1.165) is 63.7 Å². The fourth-order valence-corrected chi connectivity index (χ4v) is 20.9. The summed E-state index contributed by atoms with van der Waals surface area (Å²) < 4.78 is 5.17. The second kappa shape index (κ2) is 27.4. The lowest BCUT2D eigenvalue weighted by atomic mass is 9.33. The minimum atomic E-state index is -0.231. The number of nitrogens with zero attached hydrogens (tertiary/aromatic N) is 4. The molecule has 5 heteroatoms. The summed E-state index contributed by atoms with van der Waals surface area (Å²) in [5.41, 5.74) is 40.8. The van der Waals surface area contributed by atoms with Crippen LogP contribution in [-0.4, -0.2) is 15.8 Å². The summed E-state index contributed by atoms with van der Waals surface area (Å²) in [5, 5.41) is 4.95.